The second kappa shape index (κ2) is 5.60. The molecule has 0 saturated heterocycles. The van der Waals surface area contributed by atoms with Crippen LogP contribution in [-0.2, 0) is 16.1 Å². The number of carbonyl (C=O) groups is 1. The summed E-state index contributed by atoms with van der Waals surface area (Å²) in [6.07, 6.45) is 1.63. The monoisotopic (exact) mass is 226 g/mol. The lowest BCUT2D eigenvalue weighted by Crippen LogP contribution is -2.38. The van der Waals surface area contributed by atoms with E-state index in [4.69, 9.17) is 0 Å². The van der Waals surface area contributed by atoms with E-state index >= 15 is 0 Å². The third-order valence-corrected chi connectivity index (χ3v) is 2.27. The van der Waals surface area contributed by atoms with Crippen LogP contribution in [0.4, 0.5) is 0 Å². The molecule has 0 aliphatic rings. The zero-order valence-electron chi connectivity index (χ0n) is 10.1. The van der Waals surface area contributed by atoms with Gasteiger partial charge in [0.1, 0.15) is 12.4 Å². The highest BCUT2D eigenvalue weighted by Gasteiger charge is 2.18. The third kappa shape index (κ3) is 3.03. The van der Waals surface area contributed by atoms with Gasteiger partial charge in [-0.3, -0.25) is 9.48 Å². The van der Waals surface area contributed by atoms with E-state index in [-0.39, 0.29) is 11.9 Å². The van der Waals surface area contributed by atoms with Gasteiger partial charge in [-0.05, 0) is 7.05 Å². The van der Waals surface area contributed by atoms with Crippen molar-refractivity contribution in [3.8, 4) is 0 Å². The first-order valence-corrected chi connectivity index (χ1v) is 5.23. The normalized spacial score (nSPS) is 12.8. The quantitative estimate of drug-likeness (QED) is 0.724. The average Bonchev–Trinajstić information content (AvgIpc) is 2.73. The fraction of sp³-hybridized carbons (Fsp3) is 0.700. The maximum absolute atomic E-state index is 11.3. The molecular weight excluding hydrogens is 208 g/mol. The molecule has 6 nitrogen and oxygen atoms in total. The Hall–Kier alpha value is -1.43. The van der Waals surface area contributed by atoms with Crippen LogP contribution < -0.4 is 5.32 Å². The van der Waals surface area contributed by atoms with E-state index in [1.807, 2.05) is 13.8 Å². The molecule has 0 radical (unpaired) electrons. The number of ether oxygens (including phenoxy) is 1. The number of nitrogens with one attached hydrogen (secondary N) is 1. The lowest BCUT2D eigenvalue weighted by atomic mass is 10.2. The van der Waals surface area contributed by atoms with Crippen LogP contribution in [0.15, 0.2) is 6.33 Å². The van der Waals surface area contributed by atoms with Crippen LogP contribution >= 0.6 is 0 Å². The van der Waals surface area contributed by atoms with E-state index in [0.717, 1.165) is 5.82 Å². The molecule has 1 atom stereocenters. The number of hydrogen-bond donors (Lipinski definition) is 1. The minimum absolute atomic E-state index is 0.285. The summed E-state index contributed by atoms with van der Waals surface area (Å²) in [4.78, 5) is 15.5. The van der Waals surface area contributed by atoms with Crippen molar-refractivity contribution in [2.24, 2.45) is 0 Å². The molecule has 6 heteroatoms. The molecule has 1 aromatic heterocycles. The number of hydrogen-bond acceptors (Lipinski definition) is 5. The summed E-state index contributed by atoms with van der Waals surface area (Å²) >= 11 is 0. The largest absolute Gasteiger partial charge is 0.468 e. The van der Waals surface area contributed by atoms with Crippen molar-refractivity contribution in [3.05, 3.63) is 12.2 Å². The van der Waals surface area contributed by atoms with Gasteiger partial charge in [0.15, 0.2) is 5.82 Å². The highest BCUT2D eigenvalue weighted by molar-refractivity contribution is 5.75. The number of aromatic nitrogens is 3. The van der Waals surface area contributed by atoms with E-state index < -0.39 is 6.04 Å². The second-order valence-electron chi connectivity index (χ2n) is 3.84. The molecule has 1 aromatic rings. The topological polar surface area (TPSA) is 69.0 Å². The molecule has 0 fully saturated rings. The smallest absolute Gasteiger partial charge is 0.324 e. The molecule has 16 heavy (non-hydrogen) atoms. The Morgan fingerprint density at radius 1 is 1.62 bits per heavy atom. The number of esters is 1. The van der Waals surface area contributed by atoms with E-state index in [9.17, 15) is 4.79 Å². The van der Waals surface area contributed by atoms with Crippen molar-refractivity contribution >= 4 is 5.97 Å². The zero-order chi connectivity index (χ0) is 12.1. The Labute approximate surface area is 95.0 Å². The fourth-order valence-electron chi connectivity index (χ4n) is 1.27. The van der Waals surface area contributed by atoms with Gasteiger partial charge >= 0.3 is 5.97 Å². The molecule has 0 aliphatic carbocycles. The van der Waals surface area contributed by atoms with Gasteiger partial charge in [0, 0.05) is 5.92 Å². The average molecular weight is 226 g/mol. The van der Waals surface area contributed by atoms with Gasteiger partial charge in [0.25, 0.3) is 0 Å². The molecule has 1 unspecified atom stereocenters. The Kier molecular flexibility index (Phi) is 4.42. The van der Waals surface area contributed by atoms with E-state index in [1.54, 1.807) is 18.1 Å². The molecule has 0 aliphatic heterocycles. The first-order chi connectivity index (χ1) is 7.58. The molecule has 1 heterocycles. The molecule has 0 bridgehead atoms. The maximum Gasteiger partial charge on any atom is 0.324 e. The van der Waals surface area contributed by atoms with Crippen LogP contribution in [0.2, 0.25) is 0 Å². The highest BCUT2D eigenvalue weighted by Crippen LogP contribution is 2.07. The summed E-state index contributed by atoms with van der Waals surface area (Å²) in [6, 6.07) is -0.397. The van der Waals surface area contributed by atoms with Gasteiger partial charge in [0.2, 0.25) is 0 Å². The Morgan fingerprint density at radius 3 is 2.75 bits per heavy atom. The minimum Gasteiger partial charge on any atom is -0.468 e. The van der Waals surface area contributed by atoms with Crippen molar-refractivity contribution in [1.82, 2.24) is 20.1 Å². The first-order valence-electron chi connectivity index (χ1n) is 5.23. The number of carbonyl (C=O) groups excluding carboxylic acids is 1. The van der Waals surface area contributed by atoms with E-state index in [2.05, 4.69) is 20.1 Å². The number of nitrogens with zero attached hydrogens (tertiary/aromatic N) is 3. The van der Waals surface area contributed by atoms with Gasteiger partial charge in [-0.25, -0.2) is 4.98 Å². The molecular formula is C10H18N4O2. The number of methoxy groups -OCH3 is 1. The molecule has 1 rings (SSSR count). The molecule has 0 amide bonds. The SMILES string of the molecule is CNC(Cn1cnc(C(C)C)n1)C(=O)OC. The Balaban J connectivity index is 2.67. The van der Waals surface area contributed by atoms with E-state index in [1.165, 1.54) is 7.11 Å². The van der Waals surface area contributed by atoms with Crippen molar-refractivity contribution < 1.29 is 9.53 Å². The van der Waals surface area contributed by atoms with E-state index in [0.29, 0.717) is 6.54 Å². The van der Waals surface area contributed by atoms with Crippen LogP contribution in [0.3, 0.4) is 0 Å². The number of rotatable bonds is 5. The highest BCUT2D eigenvalue weighted by atomic mass is 16.5. The van der Waals surface area contributed by atoms with Gasteiger partial charge in [-0.2, -0.15) is 5.10 Å². The van der Waals surface area contributed by atoms with Crippen molar-refractivity contribution in [2.75, 3.05) is 14.2 Å². The van der Waals surface area contributed by atoms with Crippen LogP contribution in [0.5, 0.6) is 0 Å². The van der Waals surface area contributed by atoms with Crippen LogP contribution in [0, 0.1) is 0 Å². The summed E-state index contributed by atoms with van der Waals surface area (Å²) in [6.45, 7) is 4.47. The van der Waals surface area contributed by atoms with Crippen molar-refractivity contribution in [2.45, 2.75) is 32.4 Å². The second-order valence-corrected chi connectivity index (χ2v) is 3.84. The van der Waals surface area contributed by atoms with Crippen LogP contribution in [-0.4, -0.2) is 40.9 Å². The predicted octanol–water partition coefficient (Wildman–Crippen LogP) is 0.162. The standard InChI is InChI=1S/C10H18N4O2/c1-7(2)9-12-6-14(13-9)5-8(11-3)10(15)16-4/h6-8,11H,5H2,1-4H3. The van der Waals surface area contributed by atoms with Gasteiger partial charge in [-0.15, -0.1) is 0 Å². The molecule has 0 saturated carbocycles. The summed E-state index contributed by atoms with van der Waals surface area (Å²) in [5.41, 5.74) is 0. The summed E-state index contributed by atoms with van der Waals surface area (Å²) in [5, 5.41) is 7.15. The van der Waals surface area contributed by atoms with Crippen molar-refractivity contribution in [3.63, 3.8) is 0 Å². The minimum atomic E-state index is -0.397. The third-order valence-electron chi connectivity index (χ3n) is 2.27. The first kappa shape index (κ1) is 12.6. The molecule has 0 spiro atoms. The molecule has 90 valence electrons. The summed E-state index contributed by atoms with van der Waals surface area (Å²) in [5.74, 6) is 0.760. The number of likely N-dealkylation sites (N-methyl/N-ethyl adjacent to an activating group) is 1. The predicted molar refractivity (Wildman–Crippen MR) is 59.0 cm³/mol. The Morgan fingerprint density at radius 2 is 2.31 bits per heavy atom. The fourth-order valence-corrected chi connectivity index (χ4v) is 1.27. The zero-order valence-corrected chi connectivity index (χ0v) is 10.1. The van der Waals surface area contributed by atoms with Gasteiger partial charge in [-0.1, -0.05) is 13.8 Å². The van der Waals surface area contributed by atoms with Gasteiger partial charge in [0.05, 0.1) is 13.7 Å². The summed E-state index contributed by atoms with van der Waals surface area (Å²) in [7, 11) is 3.08. The van der Waals surface area contributed by atoms with Crippen molar-refractivity contribution in [1.29, 1.82) is 0 Å². The van der Waals surface area contributed by atoms with Gasteiger partial charge < -0.3 is 10.1 Å². The molecule has 1 N–H and O–H groups in total. The van der Waals surface area contributed by atoms with Crippen LogP contribution in [0.25, 0.3) is 0 Å². The lowest BCUT2D eigenvalue weighted by molar-refractivity contribution is -0.143. The summed E-state index contributed by atoms with van der Waals surface area (Å²) < 4.78 is 6.31. The maximum atomic E-state index is 11.3. The molecule has 0 aromatic carbocycles. The Bertz CT molecular complexity index is 348. The lowest BCUT2D eigenvalue weighted by Gasteiger charge is -2.12. The van der Waals surface area contributed by atoms with Crippen LogP contribution in [0.1, 0.15) is 25.6 Å².